The van der Waals surface area contributed by atoms with E-state index in [1.807, 2.05) is 30.3 Å². The first-order valence-electron chi connectivity index (χ1n) is 8.64. The number of hydrogen-bond donors (Lipinski definition) is 1. The van der Waals surface area contributed by atoms with Gasteiger partial charge >= 0.3 is 0 Å². The molecule has 1 aliphatic heterocycles. The van der Waals surface area contributed by atoms with Crippen molar-refractivity contribution in [1.82, 2.24) is 0 Å². The van der Waals surface area contributed by atoms with Crippen molar-refractivity contribution in [3.05, 3.63) is 53.6 Å². The lowest BCUT2D eigenvalue weighted by Gasteiger charge is -2.33. The highest BCUT2D eigenvalue weighted by Gasteiger charge is 2.19. The molecule has 1 N–H and O–H groups in total. The third kappa shape index (κ3) is 4.67. The molecule has 0 aliphatic carbocycles. The molecule has 1 heterocycles. The van der Waals surface area contributed by atoms with Crippen LogP contribution in [-0.4, -0.2) is 25.6 Å². The summed E-state index contributed by atoms with van der Waals surface area (Å²) in [5.41, 5.74) is 1.89. The Balaban J connectivity index is 1.62. The van der Waals surface area contributed by atoms with Gasteiger partial charge in [-0.1, -0.05) is 42.8 Å². The van der Waals surface area contributed by atoms with Crippen LogP contribution in [0.2, 0.25) is 5.02 Å². The summed E-state index contributed by atoms with van der Waals surface area (Å²) in [4.78, 5) is 14.6. The van der Waals surface area contributed by atoms with Crippen LogP contribution in [0.4, 0.5) is 11.4 Å². The van der Waals surface area contributed by atoms with Gasteiger partial charge in [-0.3, -0.25) is 4.79 Å². The first-order chi connectivity index (χ1) is 12.1. The van der Waals surface area contributed by atoms with Crippen molar-refractivity contribution < 1.29 is 9.53 Å². The molecule has 1 amide bonds. The lowest BCUT2D eigenvalue weighted by Crippen LogP contribution is -2.33. The number of carbonyl (C=O) groups is 1. The van der Waals surface area contributed by atoms with Crippen LogP contribution in [0.15, 0.2) is 48.5 Å². The molecule has 0 atom stereocenters. The number of anilines is 2. The van der Waals surface area contributed by atoms with Gasteiger partial charge in [-0.2, -0.15) is 0 Å². The zero-order valence-electron chi connectivity index (χ0n) is 14.4. The number of nitrogens with one attached hydrogen (secondary N) is 1. The number of nitrogens with zero attached hydrogens (tertiary/aromatic N) is 1. The molecule has 1 saturated heterocycles. The van der Waals surface area contributed by atoms with E-state index < -0.39 is 0 Å². The number of ether oxygens (including phenoxy) is 1. The molecule has 0 unspecified atom stereocenters. The normalized spacial score (nSPS) is 15.0. The molecule has 2 aromatic carbocycles. The predicted octanol–water partition coefficient (Wildman–Crippen LogP) is 4.59. The van der Waals surface area contributed by atoms with Gasteiger partial charge in [0.1, 0.15) is 5.75 Å². The van der Waals surface area contributed by atoms with Gasteiger partial charge < -0.3 is 15.0 Å². The van der Waals surface area contributed by atoms with Crippen molar-refractivity contribution in [2.75, 3.05) is 29.9 Å². The fraction of sp³-hybridized carbons (Fsp3) is 0.350. The minimum absolute atomic E-state index is 0.0743. The molecule has 5 heteroatoms. The van der Waals surface area contributed by atoms with Crippen molar-refractivity contribution in [2.24, 2.45) is 5.92 Å². The summed E-state index contributed by atoms with van der Waals surface area (Å²) >= 11 is 6.04. The molecule has 0 saturated carbocycles. The number of hydrogen-bond acceptors (Lipinski definition) is 3. The van der Waals surface area contributed by atoms with E-state index in [4.69, 9.17) is 16.3 Å². The van der Waals surface area contributed by atoms with Crippen LogP contribution in [-0.2, 0) is 4.79 Å². The third-order valence-corrected chi connectivity index (χ3v) is 4.81. The summed E-state index contributed by atoms with van der Waals surface area (Å²) < 4.78 is 5.51. The van der Waals surface area contributed by atoms with Crippen molar-refractivity contribution in [3.63, 3.8) is 0 Å². The molecule has 0 aromatic heterocycles. The number of amides is 1. The van der Waals surface area contributed by atoms with Crippen molar-refractivity contribution in [1.29, 1.82) is 0 Å². The lowest BCUT2D eigenvalue weighted by molar-refractivity contribution is -0.118. The smallest absolute Gasteiger partial charge is 0.262 e. The second-order valence-corrected chi connectivity index (χ2v) is 6.86. The van der Waals surface area contributed by atoms with Gasteiger partial charge in [0.05, 0.1) is 16.4 Å². The monoisotopic (exact) mass is 358 g/mol. The van der Waals surface area contributed by atoms with Crippen LogP contribution in [0.1, 0.15) is 19.8 Å². The number of halogens is 1. The zero-order chi connectivity index (χ0) is 17.6. The van der Waals surface area contributed by atoms with Crippen molar-refractivity contribution in [2.45, 2.75) is 19.8 Å². The Morgan fingerprint density at radius 1 is 1.16 bits per heavy atom. The largest absolute Gasteiger partial charge is 0.482 e. The van der Waals surface area contributed by atoms with Gasteiger partial charge in [-0.25, -0.2) is 0 Å². The fourth-order valence-corrected chi connectivity index (χ4v) is 3.19. The van der Waals surface area contributed by atoms with Gasteiger partial charge in [-0.15, -0.1) is 0 Å². The third-order valence-electron chi connectivity index (χ3n) is 4.50. The van der Waals surface area contributed by atoms with Gasteiger partial charge in [0.25, 0.3) is 5.91 Å². The summed E-state index contributed by atoms with van der Waals surface area (Å²) in [6.45, 7) is 4.25. The van der Waals surface area contributed by atoms with E-state index in [2.05, 4.69) is 23.2 Å². The molecule has 2 aromatic rings. The molecule has 0 spiro atoms. The maximum atomic E-state index is 12.3. The predicted molar refractivity (Wildman–Crippen MR) is 103 cm³/mol. The van der Waals surface area contributed by atoms with E-state index in [9.17, 15) is 4.79 Å². The summed E-state index contributed by atoms with van der Waals surface area (Å²) in [5, 5.41) is 3.46. The minimum atomic E-state index is -0.197. The van der Waals surface area contributed by atoms with E-state index in [1.165, 1.54) is 12.8 Å². The van der Waals surface area contributed by atoms with Crippen LogP contribution in [0.5, 0.6) is 5.75 Å². The number of carbonyl (C=O) groups excluding carboxylic acids is 1. The molecule has 4 nitrogen and oxygen atoms in total. The zero-order valence-corrected chi connectivity index (χ0v) is 15.1. The molecule has 1 fully saturated rings. The highest BCUT2D eigenvalue weighted by molar-refractivity contribution is 6.32. The SMILES string of the molecule is CC1CCN(c2ccccc2NC(=O)COc2ccccc2Cl)CC1. The second kappa shape index (κ2) is 8.26. The number of piperidine rings is 1. The molecule has 0 radical (unpaired) electrons. The average Bonchev–Trinajstić information content (AvgIpc) is 2.62. The van der Waals surface area contributed by atoms with Gasteiger partial charge in [0.15, 0.2) is 6.61 Å². The average molecular weight is 359 g/mol. The van der Waals surface area contributed by atoms with E-state index in [0.717, 1.165) is 30.4 Å². The Kier molecular flexibility index (Phi) is 5.82. The van der Waals surface area contributed by atoms with Gasteiger partial charge in [0.2, 0.25) is 0 Å². The van der Waals surface area contributed by atoms with E-state index in [0.29, 0.717) is 10.8 Å². The Morgan fingerprint density at radius 2 is 1.84 bits per heavy atom. The standard InChI is InChI=1S/C20H23ClN2O2/c1-15-10-12-23(13-11-15)18-8-4-3-7-17(18)22-20(24)14-25-19-9-5-2-6-16(19)21/h2-9,15H,10-14H2,1H3,(H,22,24). The van der Waals surface area contributed by atoms with Crippen LogP contribution in [0.3, 0.4) is 0 Å². The van der Waals surface area contributed by atoms with Crippen molar-refractivity contribution in [3.8, 4) is 5.75 Å². The van der Waals surface area contributed by atoms with E-state index >= 15 is 0 Å². The number of rotatable bonds is 5. The summed E-state index contributed by atoms with van der Waals surface area (Å²) in [7, 11) is 0. The van der Waals surface area contributed by atoms with Crippen LogP contribution >= 0.6 is 11.6 Å². The van der Waals surface area contributed by atoms with E-state index in [1.54, 1.807) is 12.1 Å². The molecular weight excluding hydrogens is 336 g/mol. The minimum Gasteiger partial charge on any atom is -0.482 e. The first kappa shape index (κ1) is 17.6. The number of benzene rings is 2. The molecule has 132 valence electrons. The number of para-hydroxylation sites is 3. The second-order valence-electron chi connectivity index (χ2n) is 6.45. The highest BCUT2D eigenvalue weighted by atomic mass is 35.5. The maximum Gasteiger partial charge on any atom is 0.262 e. The maximum absolute atomic E-state index is 12.3. The Morgan fingerprint density at radius 3 is 2.60 bits per heavy atom. The Bertz CT molecular complexity index is 727. The van der Waals surface area contributed by atoms with Crippen LogP contribution in [0.25, 0.3) is 0 Å². The Labute approximate surface area is 153 Å². The fourth-order valence-electron chi connectivity index (χ4n) is 3.00. The van der Waals surface area contributed by atoms with Crippen LogP contribution in [0, 0.1) is 5.92 Å². The molecule has 1 aliphatic rings. The first-order valence-corrected chi connectivity index (χ1v) is 9.02. The summed E-state index contributed by atoms with van der Waals surface area (Å²) in [5.74, 6) is 1.08. The molecule has 0 bridgehead atoms. The van der Waals surface area contributed by atoms with Gasteiger partial charge in [-0.05, 0) is 43.0 Å². The lowest BCUT2D eigenvalue weighted by atomic mass is 9.98. The molecule has 3 rings (SSSR count). The van der Waals surface area contributed by atoms with Crippen LogP contribution < -0.4 is 15.0 Å². The molecular formula is C20H23ClN2O2. The Hall–Kier alpha value is -2.20. The van der Waals surface area contributed by atoms with E-state index in [-0.39, 0.29) is 12.5 Å². The molecule has 25 heavy (non-hydrogen) atoms. The van der Waals surface area contributed by atoms with Gasteiger partial charge in [0, 0.05) is 13.1 Å². The summed E-state index contributed by atoms with van der Waals surface area (Å²) in [6.07, 6.45) is 2.36. The topological polar surface area (TPSA) is 41.6 Å². The highest BCUT2D eigenvalue weighted by Crippen LogP contribution is 2.29. The quantitative estimate of drug-likeness (QED) is 0.849. The summed E-state index contributed by atoms with van der Waals surface area (Å²) in [6, 6.07) is 15.1. The van der Waals surface area contributed by atoms with Crippen molar-refractivity contribution >= 4 is 28.9 Å².